The maximum Gasteiger partial charge on any atom is 0.233 e. The summed E-state index contributed by atoms with van der Waals surface area (Å²) in [7, 11) is -3.02. The Labute approximate surface area is 178 Å². The molecule has 1 aliphatic heterocycles. The normalized spacial score (nSPS) is 18.2. The number of carbonyl (C=O) groups excluding carboxylic acids is 1. The summed E-state index contributed by atoms with van der Waals surface area (Å²) in [4.78, 5) is 25.2. The molecule has 1 fully saturated rings. The molecule has 4 rings (SSSR count). The maximum absolute atomic E-state index is 12.8. The minimum atomic E-state index is -3.02. The SMILES string of the molecule is CCN(C(=O)CSc1ncnc2sc(-c3ccccc3)cc12)[C@H]1CCS(=O)(=O)C1. The van der Waals surface area contributed by atoms with Crippen LogP contribution in [0, 0.1) is 0 Å². The van der Waals surface area contributed by atoms with Gasteiger partial charge in [-0.3, -0.25) is 4.79 Å². The Kier molecular flexibility index (Phi) is 5.89. The predicted molar refractivity (Wildman–Crippen MR) is 118 cm³/mol. The van der Waals surface area contributed by atoms with Gasteiger partial charge in [0.1, 0.15) is 16.2 Å². The fourth-order valence-electron chi connectivity index (χ4n) is 3.57. The number of hydrogen-bond donors (Lipinski definition) is 0. The molecule has 0 unspecified atom stereocenters. The fraction of sp³-hybridized carbons (Fsp3) is 0.350. The zero-order valence-electron chi connectivity index (χ0n) is 15.9. The molecule has 3 heterocycles. The Morgan fingerprint density at radius 3 is 2.76 bits per heavy atom. The van der Waals surface area contributed by atoms with Crippen molar-refractivity contribution in [1.29, 1.82) is 0 Å². The first-order valence-electron chi connectivity index (χ1n) is 9.39. The van der Waals surface area contributed by atoms with Crippen LogP contribution in [0.2, 0.25) is 0 Å². The molecule has 152 valence electrons. The van der Waals surface area contributed by atoms with Crippen LogP contribution in [0.4, 0.5) is 0 Å². The second-order valence-electron chi connectivity index (χ2n) is 6.90. The third kappa shape index (κ3) is 4.46. The van der Waals surface area contributed by atoms with Crippen molar-refractivity contribution in [2.24, 2.45) is 0 Å². The highest BCUT2D eigenvalue weighted by atomic mass is 32.2. The Bertz CT molecular complexity index is 1130. The Balaban J connectivity index is 1.50. The Morgan fingerprint density at radius 2 is 2.07 bits per heavy atom. The van der Waals surface area contributed by atoms with Crippen LogP contribution in [-0.4, -0.2) is 59.0 Å². The molecule has 1 aromatic carbocycles. The van der Waals surface area contributed by atoms with E-state index in [0.717, 1.165) is 25.7 Å². The number of rotatable bonds is 6. The van der Waals surface area contributed by atoms with Gasteiger partial charge in [-0.2, -0.15) is 0 Å². The number of thioether (sulfide) groups is 1. The van der Waals surface area contributed by atoms with E-state index in [0.29, 0.717) is 13.0 Å². The molecule has 0 aliphatic carbocycles. The summed E-state index contributed by atoms with van der Waals surface area (Å²) >= 11 is 2.99. The molecule has 6 nitrogen and oxygen atoms in total. The molecule has 0 N–H and O–H groups in total. The van der Waals surface area contributed by atoms with Crippen molar-refractivity contribution in [2.45, 2.75) is 24.4 Å². The largest absolute Gasteiger partial charge is 0.338 e. The van der Waals surface area contributed by atoms with E-state index >= 15 is 0 Å². The summed E-state index contributed by atoms with van der Waals surface area (Å²) in [6.45, 7) is 2.40. The monoisotopic (exact) mass is 447 g/mol. The van der Waals surface area contributed by atoms with E-state index < -0.39 is 9.84 Å². The van der Waals surface area contributed by atoms with Gasteiger partial charge in [-0.25, -0.2) is 18.4 Å². The zero-order valence-corrected chi connectivity index (χ0v) is 18.4. The van der Waals surface area contributed by atoms with Crippen molar-refractivity contribution in [1.82, 2.24) is 14.9 Å². The minimum absolute atomic E-state index is 0.0510. The first-order valence-corrected chi connectivity index (χ1v) is 13.0. The van der Waals surface area contributed by atoms with Crippen molar-refractivity contribution in [3.05, 3.63) is 42.7 Å². The van der Waals surface area contributed by atoms with E-state index in [1.54, 1.807) is 16.2 Å². The van der Waals surface area contributed by atoms with Gasteiger partial charge in [-0.05, 0) is 25.0 Å². The molecule has 1 saturated heterocycles. The summed E-state index contributed by atoms with van der Waals surface area (Å²) in [6.07, 6.45) is 2.05. The molecule has 0 radical (unpaired) electrons. The van der Waals surface area contributed by atoms with E-state index in [-0.39, 0.29) is 29.2 Å². The van der Waals surface area contributed by atoms with Gasteiger partial charge in [0, 0.05) is 22.8 Å². The number of carbonyl (C=O) groups is 1. The average molecular weight is 448 g/mol. The molecule has 0 spiro atoms. The van der Waals surface area contributed by atoms with Gasteiger partial charge < -0.3 is 4.90 Å². The number of sulfone groups is 1. The molecule has 1 amide bonds. The molecule has 9 heteroatoms. The van der Waals surface area contributed by atoms with Gasteiger partial charge >= 0.3 is 0 Å². The zero-order chi connectivity index (χ0) is 20.4. The van der Waals surface area contributed by atoms with Gasteiger partial charge in [0.2, 0.25) is 5.91 Å². The van der Waals surface area contributed by atoms with Crippen LogP contribution in [0.1, 0.15) is 13.3 Å². The Hall–Kier alpha value is -1.97. The molecular formula is C20H21N3O3S3. The fourth-order valence-corrected chi connectivity index (χ4v) is 7.22. The third-order valence-electron chi connectivity index (χ3n) is 4.99. The van der Waals surface area contributed by atoms with Crippen molar-refractivity contribution in [3.8, 4) is 10.4 Å². The summed E-state index contributed by atoms with van der Waals surface area (Å²) < 4.78 is 23.5. The quantitative estimate of drug-likeness (QED) is 0.425. The van der Waals surface area contributed by atoms with Crippen LogP contribution >= 0.6 is 23.1 Å². The number of aromatic nitrogens is 2. The lowest BCUT2D eigenvalue weighted by molar-refractivity contribution is -0.129. The number of fused-ring (bicyclic) bond motifs is 1. The first kappa shape index (κ1) is 20.3. The van der Waals surface area contributed by atoms with Crippen LogP contribution in [0.15, 0.2) is 47.8 Å². The van der Waals surface area contributed by atoms with E-state index in [4.69, 9.17) is 0 Å². The molecule has 0 saturated carbocycles. The van der Waals surface area contributed by atoms with Crippen LogP contribution in [0.3, 0.4) is 0 Å². The molecule has 1 atom stereocenters. The molecule has 2 aromatic heterocycles. The summed E-state index contributed by atoms with van der Waals surface area (Å²) in [5.41, 5.74) is 1.13. The standard InChI is InChI=1S/C20H21N3O3S3/c1-2-23(15-8-9-29(25,26)12-15)18(24)11-27-19-16-10-17(14-6-4-3-5-7-14)28-20(16)22-13-21-19/h3-7,10,13,15H,2,8-9,11-12H2,1H3/t15-/m0/s1. The van der Waals surface area contributed by atoms with E-state index in [1.807, 2.05) is 25.1 Å². The summed E-state index contributed by atoms with van der Waals surface area (Å²) in [5.74, 6) is 0.413. The van der Waals surface area contributed by atoms with Crippen LogP contribution < -0.4 is 0 Å². The predicted octanol–water partition coefficient (Wildman–Crippen LogP) is 3.49. The second-order valence-corrected chi connectivity index (χ2v) is 11.1. The molecule has 29 heavy (non-hydrogen) atoms. The number of thiophene rings is 1. The van der Waals surface area contributed by atoms with Gasteiger partial charge in [0.15, 0.2) is 9.84 Å². The second kappa shape index (κ2) is 8.41. The van der Waals surface area contributed by atoms with Crippen molar-refractivity contribution in [3.63, 3.8) is 0 Å². The van der Waals surface area contributed by atoms with Gasteiger partial charge in [0.05, 0.1) is 17.3 Å². The van der Waals surface area contributed by atoms with Crippen LogP contribution in [-0.2, 0) is 14.6 Å². The van der Waals surface area contributed by atoms with E-state index in [2.05, 4.69) is 28.2 Å². The van der Waals surface area contributed by atoms with Crippen molar-refractivity contribution >= 4 is 49.1 Å². The van der Waals surface area contributed by atoms with Crippen molar-refractivity contribution < 1.29 is 13.2 Å². The minimum Gasteiger partial charge on any atom is -0.338 e. The Morgan fingerprint density at radius 1 is 1.28 bits per heavy atom. The topological polar surface area (TPSA) is 80.2 Å². The first-order chi connectivity index (χ1) is 14.0. The lowest BCUT2D eigenvalue weighted by Crippen LogP contribution is -2.41. The molecule has 3 aromatic rings. The van der Waals surface area contributed by atoms with Gasteiger partial charge in [0.25, 0.3) is 0 Å². The van der Waals surface area contributed by atoms with Crippen LogP contribution in [0.5, 0.6) is 0 Å². The van der Waals surface area contributed by atoms with Gasteiger partial charge in [-0.15, -0.1) is 11.3 Å². The average Bonchev–Trinajstić information content (AvgIpc) is 3.31. The maximum atomic E-state index is 12.8. The smallest absolute Gasteiger partial charge is 0.233 e. The molecule has 1 aliphatic rings. The highest BCUT2D eigenvalue weighted by Crippen LogP contribution is 2.36. The van der Waals surface area contributed by atoms with Gasteiger partial charge in [-0.1, -0.05) is 42.1 Å². The highest BCUT2D eigenvalue weighted by molar-refractivity contribution is 8.00. The van der Waals surface area contributed by atoms with E-state index in [1.165, 1.54) is 18.1 Å². The number of nitrogens with zero attached hydrogens (tertiary/aromatic N) is 3. The lowest BCUT2D eigenvalue weighted by Gasteiger charge is -2.26. The lowest BCUT2D eigenvalue weighted by atomic mass is 10.2. The molecule has 0 bridgehead atoms. The van der Waals surface area contributed by atoms with Crippen LogP contribution in [0.25, 0.3) is 20.7 Å². The van der Waals surface area contributed by atoms with E-state index in [9.17, 15) is 13.2 Å². The summed E-state index contributed by atoms with van der Waals surface area (Å²) in [5, 5.41) is 1.72. The number of amides is 1. The molecular weight excluding hydrogens is 426 g/mol. The van der Waals surface area contributed by atoms with Crippen molar-refractivity contribution in [2.75, 3.05) is 23.8 Å². The number of benzene rings is 1. The number of hydrogen-bond acceptors (Lipinski definition) is 7. The highest BCUT2D eigenvalue weighted by Gasteiger charge is 2.33. The summed E-state index contributed by atoms with van der Waals surface area (Å²) in [6, 6.07) is 12.0. The third-order valence-corrected chi connectivity index (χ3v) is 8.83.